The van der Waals surface area contributed by atoms with Crippen LogP contribution < -0.4 is 5.73 Å². The largest absolute Gasteiger partial charge is 0.356 e. The Bertz CT molecular complexity index is 254. The molecular formula is C13H25N3. The smallest absolute Gasteiger partial charge is 0.124 e. The Kier molecular flexibility index (Phi) is 8.53. The van der Waals surface area contributed by atoms with Gasteiger partial charge in [-0.15, -0.1) is 0 Å². The summed E-state index contributed by atoms with van der Waals surface area (Å²) in [5.74, 6) is 0.988. The molecule has 16 heavy (non-hydrogen) atoms. The van der Waals surface area contributed by atoms with E-state index in [1.165, 1.54) is 12.8 Å². The summed E-state index contributed by atoms with van der Waals surface area (Å²) in [4.78, 5) is 6.65. The molecule has 0 fully saturated rings. The molecule has 0 aliphatic rings. The number of allylic oxidation sites excluding steroid dienone is 2. The van der Waals surface area contributed by atoms with Gasteiger partial charge in [0.05, 0.1) is 0 Å². The Balaban J connectivity index is 4.51. The summed E-state index contributed by atoms with van der Waals surface area (Å²) >= 11 is 0. The first kappa shape index (κ1) is 14.9. The number of nitrogens with two attached hydrogens (primary N) is 1. The summed E-state index contributed by atoms with van der Waals surface area (Å²) in [7, 11) is 0. The van der Waals surface area contributed by atoms with Gasteiger partial charge in [-0.25, -0.2) is 4.99 Å². The van der Waals surface area contributed by atoms with Gasteiger partial charge in [0.15, 0.2) is 0 Å². The highest BCUT2D eigenvalue weighted by Crippen LogP contribution is 2.07. The van der Waals surface area contributed by atoms with Gasteiger partial charge in [-0.3, -0.25) is 0 Å². The van der Waals surface area contributed by atoms with Crippen LogP contribution in [-0.2, 0) is 0 Å². The van der Waals surface area contributed by atoms with Crippen LogP contribution in [0.2, 0.25) is 0 Å². The van der Waals surface area contributed by atoms with Crippen molar-refractivity contribution in [2.45, 2.75) is 33.6 Å². The quantitative estimate of drug-likeness (QED) is 0.643. The van der Waals surface area contributed by atoms with Crippen LogP contribution in [0.3, 0.4) is 0 Å². The molecule has 0 spiro atoms. The van der Waals surface area contributed by atoms with Gasteiger partial charge in [0, 0.05) is 25.8 Å². The van der Waals surface area contributed by atoms with Crippen molar-refractivity contribution in [3.8, 4) is 0 Å². The Morgan fingerprint density at radius 2 is 2.12 bits per heavy atom. The fraction of sp³-hybridized carbons (Fsp3) is 0.615. The minimum Gasteiger partial charge on any atom is -0.356 e. The van der Waals surface area contributed by atoms with Gasteiger partial charge >= 0.3 is 0 Å². The third-order valence-electron chi connectivity index (χ3n) is 2.18. The monoisotopic (exact) mass is 223 g/mol. The molecule has 3 heteroatoms. The van der Waals surface area contributed by atoms with E-state index in [0.29, 0.717) is 6.54 Å². The number of unbranched alkanes of at least 4 members (excludes halogenated alkanes) is 1. The van der Waals surface area contributed by atoms with Crippen molar-refractivity contribution in [3.05, 3.63) is 24.0 Å². The van der Waals surface area contributed by atoms with Gasteiger partial charge in [-0.2, -0.15) is 0 Å². The number of hydrogen-bond acceptors (Lipinski definition) is 3. The van der Waals surface area contributed by atoms with E-state index < -0.39 is 0 Å². The number of aliphatic imine (C=N–C) groups is 1. The minimum atomic E-state index is 0.656. The minimum absolute atomic E-state index is 0.656. The van der Waals surface area contributed by atoms with E-state index >= 15 is 0 Å². The molecule has 0 aromatic rings. The van der Waals surface area contributed by atoms with Crippen LogP contribution in [0.1, 0.15) is 33.6 Å². The third kappa shape index (κ3) is 6.40. The lowest BCUT2D eigenvalue weighted by atomic mass is 10.3. The standard InChI is InChI=1S/C13H25N3/c1-5-7-9-16(10-8-14)13(6-2)15-11-12(3)4/h6,11H,3,5,7-10,14H2,1-2,4H3/b13-6+,15-11-. The van der Waals surface area contributed by atoms with Crippen LogP contribution >= 0.6 is 0 Å². The van der Waals surface area contributed by atoms with E-state index in [-0.39, 0.29) is 0 Å². The molecule has 0 rings (SSSR count). The molecule has 0 amide bonds. The highest BCUT2D eigenvalue weighted by Gasteiger charge is 2.05. The summed E-state index contributed by atoms with van der Waals surface area (Å²) in [6.45, 7) is 12.5. The molecule has 92 valence electrons. The van der Waals surface area contributed by atoms with Gasteiger partial charge < -0.3 is 10.6 Å². The SMILES string of the molecule is C=C(C)/C=N\C(=C/C)N(CCN)CCCC. The molecule has 0 aliphatic carbocycles. The van der Waals surface area contributed by atoms with Crippen molar-refractivity contribution < 1.29 is 0 Å². The van der Waals surface area contributed by atoms with Gasteiger partial charge in [0.1, 0.15) is 5.82 Å². The lowest BCUT2D eigenvalue weighted by Crippen LogP contribution is -2.29. The summed E-state index contributed by atoms with van der Waals surface area (Å²) < 4.78 is 0. The molecule has 2 N–H and O–H groups in total. The van der Waals surface area contributed by atoms with Crippen LogP contribution in [-0.4, -0.2) is 30.7 Å². The third-order valence-corrected chi connectivity index (χ3v) is 2.18. The van der Waals surface area contributed by atoms with Crippen molar-refractivity contribution in [2.24, 2.45) is 10.7 Å². The molecule has 0 unspecified atom stereocenters. The predicted molar refractivity (Wildman–Crippen MR) is 72.6 cm³/mol. The molecule has 0 aromatic carbocycles. The fourth-order valence-corrected chi connectivity index (χ4v) is 1.36. The molecular weight excluding hydrogens is 198 g/mol. The van der Waals surface area contributed by atoms with Crippen molar-refractivity contribution >= 4 is 6.21 Å². The molecule has 0 heterocycles. The second-order valence-electron chi connectivity index (χ2n) is 3.88. The maximum absolute atomic E-state index is 5.61. The second-order valence-corrected chi connectivity index (χ2v) is 3.88. The summed E-state index contributed by atoms with van der Waals surface area (Å²) in [5.41, 5.74) is 6.57. The molecule has 0 aliphatic heterocycles. The van der Waals surface area contributed by atoms with Crippen LogP contribution in [0, 0.1) is 0 Å². The van der Waals surface area contributed by atoms with E-state index in [9.17, 15) is 0 Å². The number of nitrogens with zero attached hydrogens (tertiary/aromatic N) is 2. The molecule has 0 saturated carbocycles. The molecule has 0 atom stereocenters. The zero-order valence-corrected chi connectivity index (χ0v) is 10.9. The molecule has 3 nitrogen and oxygen atoms in total. The van der Waals surface area contributed by atoms with E-state index in [0.717, 1.165) is 24.5 Å². The molecule has 0 bridgehead atoms. The molecule has 0 saturated heterocycles. The van der Waals surface area contributed by atoms with Crippen molar-refractivity contribution in [1.29, 1.82) is 0 Å². The summed E-state index contributed by atoms with van der Waals surface area (Å²) in [6, 6.07) is 0. The highest BCUT2D eigenvalue weighted by molar-refractivity contribution is 5.77. The van der Waals surface area contributed by atoms with Gasteiger partial charge in [-0.05, 0) is 31.9 Å². The van der Waals surface area contributed by atoms with Crippen LogP contribution in [0.25, 0.3) is 0 Å². The summed E-state index contributed by atoms with van der Waals surface area (Å²) in [5, 5.41) is 0. The Morgan fingerprint density at radius 1 is 1.44 bits per heavy atom. The van der Waals surface area contributed by atoms with E-state index in [1.807, 2.05) is 19.9 Å². The number of rotatable bonds is 8. The zero-order chi connectivity index (χ0) is 12.4. The molecule has 0 radical (unpaired) electrons. The van der Waals surface area contributed by atoms with Crippen LogP contribution in [0.4, 0.5) is 0 Å². The number of hydrogen-bond donors (Lipinski definition) is 1. The first-order valence-corrected chi connectivity index (χ1v) is 5.96. The van der Waals surface area contributed by atoms with E-state index in [1.54, 1.807) is 6.21 Å². The maximum Gasteiger partial charge on any atom is 0.124 e. The zero-order valence-electron chi connectivity index (χ0n) is 10.9. The highest BCUT2D eigenvalue weighted by atomic mass is 15.2. The fourth-order valence-electron chi connectivity index (χ4n) is 1.36. The van der Waals surface area contributed by atoms with Gasteiger partial charge in [-0.1, -0.05) is 19.9 Å². The first-order chi connectivity index (χ1) is 7.65. The van der Waals surface area contributed by atoms with Crippen molar-refractivity contribution in [3.63, 3.8) is 0 Å². The second kappa shape index (κ2) is 9.16. The van der Waals surface area contributed by atoms with Crippen molar-refractivity contribution in [2.75, 3.05) is 19.6 Å². The van der Waals surface area contributed by atoms with Gasteiger partial charge in [0.25, 0.3) is 0 Å². The summed E-state index contributed by atoms with van der Waals surface area (Å²) in [6.07, 6.45) is 6.16. The Hall–Kier alpha value is -1.09. The van der Waals surface area contributed by atoms with Crippen LogP contribution in [0.15, 0.2) is 29.0 Å². The average molecular weight is 223 g/mol. The maximum atomic E-state index is 5.61. The van der Waals surface area contributed by atoms with Crippen LogP contribution in [0.5, 0.6) is 0 Å². The first-order valence-electron chi connectivity index (χ1n) is 5.96. The van der Waals surface area contributed by atoms with E-state index in [2.05, 4.69) is 23.4 Å². The Labute approximate surface area is 99.7 Å². The average Bonchev–Trinajstić information content (AvgIpc) is 2.26. The lowest BCUT2D eigenvalue weighted by molar-refractivity contribution is 0.342. The molecule has 0 aromatic heterocycles. The Morgan fingerprint density at radius 3 is 2.56 bits per heavy atom. The lowest BCUT2D eigenvalue weighted by Gasteiger charge is -2.23. The van der Waals surface area contributed by atoms with E-state index in [4.69, 9.17) is 5.73 Å². The topological polar surface area (TPSA) is 41.6 Å². The van der Waals surface area contributed by atoms with Crippen molar-refractivity contribution in [1.82, 2.24) is 4.90 Å². The predicted octanol–water partition coefficient (Wildman–Crippen LogP) is 2.56. The normalized spacial score (nSPS) is 12.1. The van der Waals surface area contributed by atoms with Gasteiger partial charge in [0.2, 0.25) is 0 Å².